The number of rotatable bonds is 0. The number of anilines is 1. The Morgan fingerprint density at radius 1 is 1.17 bits per heavy atom. The number of hydrogen-bond acceptors (Lipinski definition) is 3. The van der Waals surface area contributed by atoms with Crippen molar-refractivity contribution >= 4 is 5.69 Å². The molecule has 4 heteroatoms. The van der Waals surface area contributed by atoms with E-state index in [9.17, 15) is 0 Å². The number of aromatic nitrogens is 3. The van der Waals surface area contributed by atoms with Gasteiger partial charge in [-0.25, -0.2) is 4.68 Å². The Hall–Kier alpha value is -2.28. The molecule has 0 aliphatic carbocycles. The van der Waals surface area contributed by atoms with Crippen LogP contribution in [0.15, 0.2) is 24.3 Å². The molecule has 0 unspecified atom stereocenters. The van der Waals surface area contributed by atoms with Crippen LogP contribution in [-0.4, -0.2) is 15.0 Å². The second-order valence-corrected chi connectivity index (χ2v) is 4.40. The Morgan fingerprint density at radius 3 is 2.94 bits per heavy atom. The van der Waals surface area contributed by atoms with Crippen LogP contribution in [0, 0.1) is 11.8 Å². The smallest absolute Gasteiger partial charge is 0.159 e. The molecule has 3 rings (SSSR count). The van der Waals surface area contributed by atoms with Crippen molar-refractivity contribution < 1.29 is 0 Å². The number of fused-ring (bicyclic) bond motifs is 1. The lowest BCUT2D eigenvalue weighted by Gasteiger charge is -2.11. The normalized spacial score (nSPS) is 13.6. The maximum atomic E-state index is 5.85. The predicted octanol–water partition coefficient (Wildman–Crippen LogP) is 1.60. The van der Waals surface area contributed by atoms with Gasteiger partial charge in [-0.1, -0.05) is 23.3 Å². The molecule has 0 fully saturated rings. The van der Waals surface area contributed by atoms with Crippen LogP contribution in [0.5, 0.6) is 0 Å². The van der Waals surface area contributed by atoms with E-state index in [0.29, 0.717) is 5.69 Å². The van der Waals surface area contributed by atoms with Crippen LogP contribution in [0.3, 0.4) is 0 Å². The highest BCUT2D eigenvalue weighted by atomic mass is 15.4. The van der Waals surface area contributed by atoms with Gasteiger partial charge in [-0.2, -0.15) is 0 Å². The van der Waals surface area contributed by atoms with Crippen molar-refractivity contribution in [3.8, 4) is 11.8 Å². The Morgan fingerprint density at radius 2 is 2.06 bits per heavy atom. The number of para-hydroxylation sites is 1. The second-order valence-electron chi connectivity index (χ2n) is 4.40. The van der Waals surface area contributed by atoms with Crippen LogP contribution in [0.25, 0.3) is 0 Å². The molecular formula is C14H14N4. The molecule has 2 aromatic rings. The fourth-order valence-electron chi connectivity index (χ4n) is 2.15. The van der Waals surface area contributed by atoms with E-state index in [1.807, 2.05) is 28.9 Å². The summed E-state index contributed by atoms with van der Waals surface area (Å²) in [6.45, 7) is 0.956. The maximum Gasteiger partial charge on any atom is 0.159 e. The van der Waals surface area contributed by atoms with Crippen molar-refractivity contribution in [3.63, 3.8) is 0 Å². The molecule has 1 aliphatic rings. The van der Waals surface area contributed by atoms with E-state index in [2.05, 4.69) is 22.2 Å². The summed E-state index contributed by atoms with van der Waals surface area (Å²) in [4.78, 5) is 0. The van der Waals surface area contributed by atoms with Crippen molar-refractivity contribution in [1.29, 1.82) is 0 Å². The van der Waals surface area contributed by atoms with Gasteiger partial charge < -0.3 is 5.73 Å². The zero-order valence-corrected chi connectivity index (χ0v) is 10.1. The minimum absolute atomic E-state index is 0.700. The van der Waals surface area contributed by atoms with E-state index in [-0.39, 0.29) is 0 Å². The summed E-state index contributed by atoms with van der Waals surface area (Å²) < 4.78 is 1.96. The second kappa shape index (κ2) is 4.53. The van der Waals surface area contributed by atoms with Crippen molar-refractivity contribution in [1.82, 2.24) is 15.0 Å². The fraction of sp³-hybridized carbons (Fsp3) is 0.286. The molecule has 0 amide bonds. The molecular weight excluding hydrogens is 224 g/mol. The molecule has 0 saturated carbocycles. The van der Waals surface area contributed by atoms with Crippen LogP contribution in [0.2, 0.25) is 0 Å². The summed E-state index contributed by atoms with van der Waals surface area (Å²) in [6.07, 6.45) is 3.38. The molecule has 4 nitrogen and oxygen atoms in total. The summed E-state index contributed by atoms with van der Waals surface area (Å²) in [5.74, 6) is 6.16. The Bertz CT molecular complexity index is 631. The average Bonchev–Trinajstić information content (AvgIpc) is 2.81. The molecule has 1 aromatic heterocycles. The SMILES string of the molecule is Nc1ccccc1C#Cc1nnn2c1CCCC2. The topological polar surface area (TPSA) is 56.7 Å². The van der Waals surface area contributed by atoms with Crippen LogP contribution < -0.4 is 5.73 Å². The molecule has 0 saturated heterocycles. The van der Waals surface area contributed by atoms with Crippen molar-refractivity contribution in [3.05, 3.63) is 41.2 Å². The monoisotopic (exact) mass is 238 g/mol. The first-order valence-corrected chi connectivity index (χ1v) is 6.13. The highest BCUT2D eigenvalue weighted by Crippen LogP contribution is 2.15. The lowest BCUT2D eigenvalue weighted by molar-refractivity contribution is 0.476. The quantitative estimate of drug-likeness (QED) is 0.560. The van der Waals surface area contributed by atoms with Crippen LogP contribution in [0.4, 0.5) is 5.69 Å². The lowest BCUT2D eigenvalue weighted by Crippen LogP contribution is -2.11. The highest BCUT2D eigenvalue weighted by molar-refractivity contribution is 5.56. The number of nitrogen functional groups attached to an aromatic ring is 1. The third-order valence-electron chi connectivity index (χ3n) is 3.15. The van der Waals surface area contributed by atoms with E-state index in [0.717, 1.165) is 29.9 Å². The van der Waals surface area contributed by atoms with E-state index in [1.165, 1.54) is 12.8 Å². The standard InChI is InChI=1S/C14H14N4/c15-12-6-2-1-5-11(12)8-9-13-14-7-3-4-10-18(14)17-16-13/h1-2,5-6H,3-4,7,10,15H2. The van der Waals surface area contributed by atoms with Gasteiger partial charge in [-0.3, -0.25) is 0 Å². The maximum absolute atomic E-state index is 5.85. The van der Waals surface area contributed by atoms with Crippen molar-refractivity contribution in [2.24, 2.45) is 0 Å². The van der Waals surface area contributed by atoms with Crippen LogP contribution >= 0.6 is 0 Å². The first-order valence-electron chi connectivity index (χ1n) is 6.13. The predicted molar refractivity (Wildman–Crippen MR) is 69.8 cm³/mol. The van der Waals surface area contributed by atoms with Crippen molar-refractivity contribution in [2.75, 3.05) is 5.73 Å². The summed E-state index contributed by atoms with van der Waals surface area (Å²) >= 11 is 0. The van der Waals surface area contributed by atoms with Gasteiger partial charge in [0.15, 0.2) is 5.69 Å². The summed E-state index contributed by atoms with van der Waals surface area (Å²) in [5.41, 5.74) is 9.34. The number of hydrogen-bond donors (Lipinski definition) is 1. The number of nitrogens with zero attached hydrogens (tertiary/aromatic N) is 3. The van der Waals surface area contributed by atoms with Gasteiger partial charge >= 0.3 is 0 Å². The van der Waals surface area contributed by atoms with Gasteiger partial charge in [0.05, 0.1) is 5.69 Å². The first-order chi connectivity index (χ1) is 8.84. The molecule has 2 N–H and O–H groups in total. The molecule has 2 heterocycles. The largest absolute Gasteiger partial charge is 0.398 e. The zero-order valence-electron chi connectivity index (χ0n) is 10.1. The molecule has 1 aromatic carbocycles. The number of nitrogens with two attached hydrogens (primary N) is 1. The molecule has 0 atom stereocenters. The van der Waals surface area contributed by atoms with Gasteiger partial charge in [-0.15, -0.1) is 5.10 Å². The lowest BCUT2D eigenvalue weighted by atomic mass is 10.1. The van der Waals surface area contributed by atoms with E-state index >= 15 is 0 Å². The first kappa shape index (κ1) is 10.8. The molecule has 18 heavy (non-hydrogen) atoms. The summed E-state index contributed by atoms with van der Waals surface area (Å²) in [6, 6.07) is 7.60. The molecule has 1 aliphatic heterocycles. The van der Waals surface area contributed by atoms with E-state index in [1.54, 1.807) is 0 Å². The van der Waals surface area contributed by atoms with Gasteiger partial charge in [0.1, 0.15) is 0 Å². The van der Waals surface area contributed by atoms with Crippen LogP contribution in [0.1, 0.15) is 29.8 Å². The molecule has 90 valence electrons. The Labute approximate surface area is 106 Å². The molecule has 0 bridgehead atoms. The zero-order chi connectivity index (χ0) is 12.4. The minimum Gasteiger partial charge on any atom is -0.398 e. The number of benzene rings is 1. The van der Waals surface area contributed by atoms with E-state index < -0.39 is 0 Å². The van der Waals surface area contributed by atoms with Gasteiger partial charge in [0.25, 0.3) is 0 Å². The average molecular weight is 238 g/mol. The molecule has 0 spiro atoms. The number of aryl methyl sites for hydroxylation is 1. The van der Waals surface area contributed by atoms with Gasteiger partial charge in [0.2, 0.25) is 0 Å². The highest BCUT2D eigenvalue weighted by Gasteiger charge is 2.14. The van der Waals surface area contributed by atoms with Crippen LogP contribution in [-0.2, 0) is 13.0 Å². The summed E-state index contributed by atoms with van der Waals surface area (Å²) in [7, 11) is 0. The summed E-state index contributed by atoms with van der Waals surface area (Å²) in [5, 5.41) is 8.27. The Balaban J connectivity index is 1.94. The van der Waals surface area contributed by atoms with Gasteiger partial charge in [0, 0.05) is 17.8 Å². The third kappa shape index (κ3) is 1.95. The molecule has 0 radical (unpaired) electrons. The minimum atomic E-state index is 0.700. The van der Waals surface area contributed by atoms with E-state index in [4.69, 9.17) is 5.73 Å². The van der Waals surface area contributed by atoms with Crippen molar-refractivity contribution in [2.45, 2.75) is 25.8 Å². The van der Waals surface area contributed by atoms with Gasteiger partial charge in [-0.05, 0) is 37.3 Å². The fourth-order valence-corrected chi connectivity index (χ4v) is 2.15. The Kier molecular flexibility index (Phi) is 2.73. The third-order valence-corrected chi connectivity index (χ3v) is 3.15.